The molecule has 0 saturated carbocycles. The van der Waals surface area contributed by atoms with Crippen LogP contribution in [0.15, 0.2) is 24.3 Å². The van der Waals surface area contributed by atoms with Gasteiger partial charge in [-0.25, -0.2) is 0 Å². The molecule has 5 heteroatoms. The molecule has 1 saturated heterocycles. The average Bonchev–Trinajstić information content (AvgIpc) is 2.78. The van der Waals surface area contributed by atoms with Crippen LogP contribution in [0, 0.1) is 0 Å². The van der Waals surface area contributed by atoms with E-state index in [1.807, 2.05) is 0 Å². The number of aliphatic hydroxyl groups is 1. The summed E-state index contributed by atoms with van der Waals surface area (Å²) in [5.74, 6) is -0.262. The number of aliphatic carboxylic acids is 1. The lowest BCUT2D eigenvalue weighted by Gasteiger charge is -2.17. The highest BCUT2D eigenvalue weighted by Gasteiger charge is 2.34. The van der Waals surface area contributed by atoms with Crippen molar-refractivity contribution in [2.24, 2.45) is 0 Å². The van der Waals surface area contributed by atoms with Gasteiger partial charge in [0.05, 0.1) is 6.61 Å². The number of hydrogen-bond acceptors (Lipinski definition) is 4. The van der Waals surface area contributed by atoms with Crippen LogP contribution in [0.25, 0.3) is 0 Å². The van der Waals surface area contributed by atoms with Crippen molar-refractivity contribution < 1.29 is 19.7 Å². The average molecular weight is 237 g/mol. The van der Waals surface area contributed by atoms with Crippen LogP contribution in [0.2, 0.25) is 0 Å². The molecular formula is C12H15NO4. The van der Waals surface area contributed by atoms with Crippen LogP contribution in [0.5, 0.6) is 5.75 Å². The highest BCUT2D eigenvalue weighted by atomic mass is 16.5. The van der Waals surface area contributed by atoms with E-state index >= 15 is 0 Å². The molecule has 2 atom stereocenters. The summed E-state index contributed by atoms with van der Waals surface area (Å²) in [6, 6.07) is 6.35. The van der Waals surface area contributed by atoms with Crippen molar-refractivity contribution in [3.05, 3.63) is 29.8 Å². The first-order valence-electron chi connectivity index (χ1n) is 5.53. The Balaban J connectivity index is 2.02. The third-order valence-electron chi connectivity index (χ3n) is 2.82. The van der Waals surface area contributed by atoms with E-state index in [0.29, 0.717) is 18.7 Å². The van der Waals surface area contributed by atoms with Crippen LogP contribution in [0.1, 0.15) is 12.0 Å². The van der Waals surface area contributed by atoms with Crippen molar-refractivity contribution in [3.8, 4) is 5.75 Å². The van der Waals surface area contributed by atoms with Crippen LogP contribution in [0.3, 0.4) is 0 Å². The van der Waals surface area contributed by atoms with Gasteiger partial charge in [0.15, 0.2) is 0 Å². The fourth-order valence-corrected chi connectivity index (χ4v) is 1.90. The highest BCUT2D eigenvalue weighted by molar-refractivity contribution is 5.74. The van der Waals surface area contributed by atoms with Crippen LogP contribution in [-0.4, -0.2) is 34.9 Å². The van der Waals surface area contributed by atoms with Gasteiger partial charge in [-0.15, -0.1) is 0 Å². The molecule has 1 aromatic carbocycles. The normalized spacial score (nSPS) is 23.6. The Morgan fingerprint density at radius 1 is 1.41 bits per heavy atom. The quantitative estimate of drug-likeness (QED) is 0.705. The van der Waals surface area contributed by atoms with Crippen molar-refractivity contribution in [2.75, 3.05) is 6.54 Å². The molecule has 1 aliphatic rings. The lowest BCUT2D eigenvalue weighted by molar-refractivity contribution is -0.140. The number of ether oxygens (including phenoxy) is 1. The van der Waals surface area contributed by atoms with E-state index in [4.69, 9.17) is 14.9 Å². The van der Waals surface area contributed by atoms with Gasteiger partial charge in [-0.05, 0) is 30.7 Å². The Morgan fingerprint density at radius 2 is 2.12 bits per heavy atom. The van der Waals surface area contributed by atoms with Gasteiger partial charge < -0.3 is 20.3 Å². The smallest absolute Gasteiger partial charge is 0.324 e. The Bertz CT molecular complexity index is 390. The van der Waals surface area contributed by atoms with Crippen LogP contribution < -0.4 is 10.1 Å². The molecule has 0 aliphatic carbocycles. The minimum Gasteiger partial charge on any atom is -0.488 e. The minimum atomic E-state index is -0.889. The molecule has 0 radical (unpaired) electrons. The fourth-order valence-electron chi connectivity index (χ4n) is 1.90. The number of carboxylic acids is 1. The number of aliphatic hydroxyl groups excluding tert-OH is 1. The van der Waals surface area contributed by atoms with Gasteiger partial charge in [-0.3, -0.25) is 4.79 Å². The van der Waals surface area contributed by atoms with E-state index in [1.165, 1.54) is 0 Å². The zero-order valence-electron chi connectivity index (χ0n) is 9.30. The van der Waals surface area contributed by atoms with E-state index in [1.54, 1.807) is 24.3 Å². The number of nitrogens with one attached hydrogen (secondary N) is 1. The first-order chi connectivity index (χ1) is 8.20. The van der Waals surface area contributed by atoms with Crippen LogP contribution in [-0.2, 0) is 11.4 Å². The number of carboxylic acid groups (broad SMARTS) is 1. The summed E-state index contributed by atoms with van der Waals surface area (Å²) in [7, 11) is 0. The third-order valence-corrected chi connectivity index (χ3v) is 2.82. The van der Waals surface area contributed by atoms with Crippen molar-refractivity contribution >= 4 is 5.97 Å². The number of hydrogen-bond donors (Lipinski definition) is 3. The van der Waals surface area contributed by atoms with Gasteiger partial charge in [0.2, 0.25) is 0 Å². The predicted molar refractivity (Wildman–Crippen MR) is 60.8 cm³/mol. The molecular weight excluding hydrogens is 222 g/mol. The highest BCUT2D eigenvalue weighted by Crippen LogP contribution is 2.19. The van der Waals surface area contributed by atoms with E-state index in [2.05, 4.69) is 5.32 Å². The van der Waals surface area contributed by atoms with Crippen LogP contribution >= 0.6 is 0 Å². The van der Waals surface area contributed by atoms with Crippen LogP contribution in [0.4, 0.5) is 0 Å². The largest absolute Gasteiger partial charge is 0.488 e. The molecule has 92 valence electrons. The monoisotopic (exact) mass is 237 g/mol. The number of benzene rings is 1. The molecule has 1 heterocycles. The molecule has 1 aromatic rings. The number of rotatable bonds is 4. The molecule has 1 unspecified atom stereocenters. The maximum Gasteiger partial charge on any atom is 0.324 e. The second kappa shape index (κ2) is 5.16. The Labute approximate surface area is 99.0 Å². The topological polar surface area (TPSA) is 78.8 Å². The van der Waals surface area contributed by atoms with Gasteiger partial charge in [-0.2, -0.15) is 0 Å². The third kappa shape index (κ3) is 2.75. The second-order valence-electron chi connectivity index (χ2n) is 4.02. The van der Waals surface area contributed by atoms with Crippen molar-refractivity contribution in [3.63, 3.8) is 0 Å². The van der Waals surface area contributed by atoms with Crippen molar-refractivity contribution in [1.29, 1.82) is 0 Å². The molecule has 0 spiro atoms. The molecule has 0 amide bonds. The van der Waals surface area contributed by atoms with Gasteiger partial charge in [0, 0.05) is 0 Å². The maximum absolute atomic E-state index is 10.9. The minimum absolute atomic E-state index is 0.0109. The molecule has 3 N–H and O–H groups in total. The molecule has 2 rings (SSSR count). The summed E-state index contributed by atoms with van der Waals surface area (Å²) in [6.07, 6.45) is 0.339. The zero-order valence-corrected chi connectivity index (χ0v) is 9.30. The van der Waals surface area contributed by atoms with Gasteiger partial charge >= 0.3 is 5.97 Å². The van der Waals surface area contributed by atoms with E-state index in [-0.39, 0.29) is 12.7 Å². The van der Waals surface area contributed by atoms with E-state index in [9.17, 15) is 4.79 Å². The Hall–Kier alpha value is -1.59. The summed E-state index contributed by atoms with van der Waals surface area (Å²) in [5, 5.41) is 20.8. The summed E-state index contributed by atoms with van der Waals surface area (Å²) < 4.78 is 5.62. The van der Waals surface area contributed by atoms with E-state index in [0.717, 1.165) is 5.56 Å². The lowest BCUT2D eigenvalue weighted by Crippen LogP contribution is -2.41. The Kier molecular flexibility index (Phi) is 3.61. The molecule has 0 bridgehead atoms. The van der Waals surface area contributed by atoms with Gasteiger partial charge in [0.25, 0.3) is 0 Å². The summed E-state index contributed by atoms with van der Waals surface area (Å²) >= 11 is 0. The fraction of sp³-hybridized carbons (Fsp3) is 0.417. The maximum atomic E-state index is 10.9. The number of carbonyl (C=O) groups is 1. The van der Waals surface area contributed by atoms with E-state index < -0.39 is 12.0 Å². The molecule has 5 nitrogen and oxygen atoms in total. The van der Waals surface area contributed by atoms with Crippen molar-refractivity contribution in [2.45, 2.75) is 25.2 Å². The molecule has 1 aliphatic heterocycles. The van der Waals surface area contributed by atoms with Gasteiger partial charge in [0.1, 0.15) is 17.9 Å². The SMILES string of the molecule is O=C(O)[C@H]1NCCC1Oc1ccc(CO)cc1. The predicted octanol–water partition coefficient (Wildman–Crippen LogP) is 0.373. The standard InChI is InChI=1S/C12H15NO4/c14-7-8-1-3-9(4-2-8)17-10-5-6-13-11(10)12(15)16/h1-4,10-11,13-14H,5-7H2,(H,15,16)/t10?,11-/m0/s1. The lowest BCUT2D eigenvalue weighted by atomic mass is 10.1. The van der Waals surface area contributed by atoms with Gasteiger partial charge in [-0.1, -0.05) is 12.1 Å². The summed E-state index contributed by atoms with van der Waals surface area (Å²) in [4.78, 5) is 10.9. The molecule has 1 fully saturated rings. The first-order valence-corrected chi connectivity index (χ1v) is 5.53. The summed E-state index contributed by atoms with van der Waals surface area (Å²) in [6.45, 7) is 0.638. The Morgan fingerprint density at radius 3 is 2.71 bits per heavy atom. The second-order valence-corrected chi connectivity index (χ2v) is 4.02. The molecule has 0 aromatic heterocycles. The first kappa shape index (κ1) is 11.9. The van der Waals surface area contributed by atoms with Crippen molar-refractivity contribution in [1.82, 2.24) is 5.32 Å². The summed E-state index contributed by atoms with van der Waals surface area (Å²) in [5.41, 5.74) is 0.802. The molecule has 17 heavy (non-hydrogen) atoms. The zero-order chi connectivity index (χ0) is 12.3.